The van der Waals surface area contributed by atoms with Gasteiger partial charge in [-0.15, -0.1) is 11.3 Å². The summed E-state index contributed by atoms with van der Waals surface area (Å²) >= 11 is 1.17. The zero-order chi connectivity index (χ0) is 28.6. The van der Waals surface area contributed by atoms with Crippen LogP contribution in [0.5, 0.6) is 0 Å². The van der Waals surface area contributed by atoms with Crippen LogP contribution in [0.2, 0.25) is 0 Å². The van der Waals surface area contributed by atoms with Crippen molar-refractivity contribution in [3.8, 4) is 0 Å². The van der Waals surface area contributed by atoms with E-state index < -0.39 is 41.6 Å². The van der Waals surface area contributed by atoms with E-state index >= 15 is 0 Å². The van der Waals surface area contributed by atoms with Gasteiger partial charge in [-0.1, -0.05) is 51.1 Å². The summed E-state index contributed by atoms with van der Waals surface area (Å²) in [5.41, 5.74) is 0.509. The molecule has 0 saturated carbocycles. The second kappa shape index (κ2) is 13.7. The molecule has 0 bridgehead atoms. The molecule has 2 aromatic rings. The molecule has 38 heavy (non-hydrogen) atoms. The van der Waals surface area contributed by atoms with Gasteiger partial charge in [0.25, 0.3) is 5.91 Å². The number of nitrogens with zero attached hydrogens (tertiary/aromatic N) is 2. The molecule has 0 fully saturated rings. The van der Waals surface area contributed by atoms with Gasteiger partial charge in [-0.2, -0.15) is 0 Å². The van der Waals surface area contributed by atoms with Crippen LogP contribution < -0.4 is 5.32 Å². The number of aliphatic hydroxyl groups excluding tert-OH is 1. The Kier molecular flexibility index (Phi) is 11.3. The average Bonchev–Trinajstić information content (AvgIpc) is 3.32. The van der Waals surface area contributed by atoms with Gasteiger partial charge in [0.1, 0.15) is 22.4 Å². The fourth-order valence-electron chi connectivity index (χ4n) is 4.10. The minimum absolute atomic E-state index is 0.0415. The molecule has 210 valence electrons. The Balaban J connectivity index is 2.11. The molecular formula is C28H41N3O6S. The van der Waals surface area contributed by atoms with Crippen molar-refractivity contribution in [2.24, 2.45) is 11.8 Å². The Morgan fingerprint density at radius 3 is 2.29 bits per heavy atom. The van der Waals surface area contributed by atoms with Crippen molar-refractivity contribution >= 4 is 29.3 Å². The van der Waals surface area contributed by atoms with Gasteiger partial charge in [0.05, 0.1) is 5.92 Å². The van der Waals surface area contributed by atoms with Crippen LogP contribution in [0.15, 0.2) is 35.7 Å². The maximum Gasteiger partial charge on any atom is 0.410 e. The molecule has 0 aliphatic carbocycles. The molecule has 1 aromatic heterocycles. The van der Waals surface area contributed by atoms with Crippen LogP contribution in [0.3, 0.4) is 0 Å². The number of thiazole rings is 1. The first kappa shape index (κ1) is 31.2. The van der Waals surface area contributed by atoms with Gasteiger partial charge in [-0.05, 0) is 45.1 Å². The van der Waals surface area contributed by atoms with E-state index in [0.29, 0.717) is 11.4 Å². The third-order valence-electron chi connectivity index (χ3n) is 6.17. The van der Waals surface area contributed by atoms with Crippen LogP contribution in [-0.4, -0.2) is 62.8 Å². The number of carboxylic acids is 1. The number of amides is 2. The lowest BCUT2D eigenvalue weighted by molar-refractivity contribution is -0.141. The first-order chi connectivity index (χ1) is 17.7. The number of benzene rings is 1. The van der Waals surface area contributed by atoms with Crippen LogP contribution in [0.1, 0.15) is 81.5 Å². The van der Waals surface area contributed by atoms with E-state index in [0.717, 1.165) is 5.56 Å². The van der Waals surface area contributed by atoms with E-state index in [1.54, 1.807) is 40.1 Å². The standard InChI is InChI=1S/C28H41N3O6S/c1-17(2)22(31(7)27(36)37-28(4,5)6)15-23(32)25-30-21(16-38-25)24(33)29-20(13-18(3)26(34)35)14-19-11-9-8-10-12-19/h8-12,16-18,20,22-23,32H,13-15H2,1-7H3,(H,29,33)(H,34,35). The summed E-state index contributed by atoms with van der Waals surface area (Å²) in [5.74, 6) is -1.94. The van der Waals surface area contributed by atoms with E-state index in [9.17, 15) is 24.6 Å². The molecule has 0 saturated heterocycles. The van der Waals surface area contributed by atoms with Crippen LogP contribution >= 0.6 is 11.3 Å². The van der Waals surface area contributed by atoms with E-state index in [-0.39, 0.29) is 30.5 Å². The van der Waals surface area contributed by atoms with Gasteiger partial charge in [0.2, 0.25) is 0 Å². The highest BCUT2D eigenvalue weighted by Crippen LogP contribution is 2.28. The maximum absolute atomic E-state index is 13.0. The third kappa shape index (κ3) is 9.72. The van der Waals surface area contributed by atoms with Crippen molar-refractivity contribution in [2.45, 2.75) is 84.6 Å². The molecule has 0 radical (unpaired) electrons. The number of ether oxygens (including phenoxy) is 1. The number of aliphatic carboxylic acids is 1. The van der Waals surface area contributed by atoms with Crippen molar-refractivity contribution in [3.05, 3.63) is 52.0 Å². The number of rotatable bonds is 12. The highest BCUT2D eigenvalue weighted by atomic mass is 32.1. The normalized spacial score (nSPS) is 14.9. The zero-order valence-electron chi connectivity index (χ0n) is 23.3. The van der Waals surface area contributed by atoms with Crippen molar-refractivity contribution in [2.75, 3.05) is 7.05 Å². The summed E-state index contributed by atoms with van der Waals surface area (Å²) in [5, 5.41) is 25.2. The number of aliphatic hydroxyl groups is 1. The van der Waals surface area contributed by atoms with Gasteiger partial charge >= 0.3 is 12.1 Å². The molecule has 3 N–H and O–H groups in total. The zero-order valence-corrected chi connectivity index (χ0v) is 24.1. The summed E-state index contributed by atoms with van der Waals surface area (Å²) in [7, 11) is 1.65. The lowest BCUT2D eigenvalue weighted by Gasteiger charge is -2.34. The Morgan fingerprint density at radius 2 is 1.74 bits per heavy atom. The summed E-state index contributed by atoms with van der Waals surface area (Å²) in [6, 6.07) is 8.84. The number of carbonyl (C=O) groups is 3. The van der Waals surface area contributed by atoms with Gasteiger partial charge < -0.3 is 25.2 Å². The number of hydrogen-bond acceptors (Lipinski definition) is 7. The molecule has 4 atom stereocenters. The van der Waals surface area contributed by atoms with Gasteiger partial charge in [0, 0.05) is 30.9 Å². The van der Waals surface area contributed by atoms with E-state index in [2.05, 4.69) is 10.3 Å². The topological polar surface area (TPSA) is 129 Å². The van der Waals surface area contributed by atoms with Crippen molar-refractivity contribution in [1.82, 2.24) is 15.2 Å². The second-order valence-electron chi connectivity index (χ2n) is 11.1. The molecule has 9 nitrogen and oxygen atoms in total. The highest BCUT2D eigenvalue weighted by Gasteiger charge is 2.31. The minimum atomic E-state index is -0.981. The average molecular weight is 548 g/mol. The van der Waals surface area contributed by atoms with Crippen molar-refractivity contribution in [3.63, 3.8) is 0 Å². The summed E-state index contributed by atoms with van der Waals surface area (Å²) < 4.78 is 5.48. The number of aromatic nitrogens is 1. The summed E-state index contributed by atoms with van der Waals surface area (Å²) in [4.78, 5) is 42.9. The fourth-order valence-corrected chi connectivity index (χ4v) is 4.90. The molecule has 0 aliphatic heterocycles. The Labute approximate surface area is 229 Å². The molecule has 0 spiro atoms. The first-order valence-electron chi connectivity index (χ1n) is 12.8. The number of nitrogens with one attached hydrogen (secondary N) is 1. The smallest absolute Gasteiger partial charge is 0.410 e. The maximum atomic E-state index is 13.0. The summed E-state index contributed by atoms with van der Waals surface area (Å²) in [6.45, 7) is 10.9. The van der Waals surface area contributed by atoms with Gasteiger partial charge in [0.15, 0.2) is 0 Å². The Hall–Kier alpha value is -2.98. The van der Waals surface area contributed by atoms with Crippen molar-refractivity contribution < 1.29 is 29.3 Å². The molecule has 1 heterocycles. The van der Waals surface area contributed by atoms with E-state index in [1.807, 2.05) is 44.2 Å². The molecule has 2 rings (SSSR count). The lowest BCUT2D eigenvalue weighted by Crippen LogP contribution is -2.44. The van der Waals surface area contributed by atoms with Crippen LogP contribution in [0, 0.1) is 11.8 Å². The SMILES string of the molecule is CC(CC(Cc1ccccc1)NC(=O)c1csc(C(O)CC(C(C)C)N(C)C(=O)OC(C)(C)C)n1)C(=O)O. The monoisotopic (exact) mass is 547 g/mol. The summed E-state index contributed by atoms with van der Waals surface area (Å²) in [6.07, 6.45) is -0.470. The first-order valence-corrected chi connectivity index (χ1v) is 13.7. The second-order valence-corrected chi connectivity index (χ2v) is 11.9. The van der Waals surface area contributed by atoms with Gasteiger partial charge in [-0.25, -0.2) is 9.78 Å². The largest absolute Gasteiger partial charge is 0.481 e. The number of hydrogen-bond donors (Lipinski definition) is 3. The molecule has 2 amide bonds. The van der Waals surface area contributed by atoms with Crippen LogP contribution in [-0.2, 0) is 16.0 Å². The van der Waals surface area contributed by atoms with Crippen LogP contribution in [0.4, 0.5) is 4.79 Å². The molecular weight excluding hydrogens is 506 g/mol. The van der Waals surface area contributed by atoms with Crippen LogP contribution in [0.25, 0.3) is 0 Å². The van der Waals surface area contributed by atoms with E-state index in [1.165, 1.54) is 16.2 Å². The predicted octanol–water partition coefficient (Wildman–Crippen LogP) is 4.91. The van der Waals surface area contributed by atoms with E-state index in [4.69, 9.17) is 4.74 Å². The fraction of sp³-hybridized carbons (Fsp3) is 0.571. The molecule has 4 unspecified atom stereocenters. The molecule has 10 heteroatoms. The highest BCUT2D eigenvalue weighted by molar-refractivity contribution is 7.09. The quantitative estimate of drug-likeness (QED) is 0.344. The third-order valence-corrected chi connectivity index (χ3v) is 7.12. The number of carboxylic acid groups (broad SMARTS) is 1. The lowest BCUT2D eigenvalue weighted by atomic mass is 9.96. The minimum Gasteiger partial charge on any atom is -0.481 e. The Morgan fingerprint density at radius 1 is 1.11 bits per heavy atom. The molecule has 1 aromatic carbocycles. The molecule has 0 aliphatic rings. The Bertz CT molecular complexity index is 1070. The van der Waals surface area contributed by atoms with Crippen molar-refractivity contribution in [1.29, 1.82) is 0 Å². The van der Waals surface area contributed by atoms with Gasteiger partial charge in [-0.3, -0.25) is 9.59 Å². The number of carbonyl (C=O) groups excluding carboxylic acids is 2. The predicted molar refractivity (Wildman–Crippen MR) is 147 cm³/mol.